The van der Waals surface area contributed by atoms with Gasteiger partial charge in [0.25, 0.3) is 5.69 Å². The van der Waals surface area contributed by atoms with Gasteiger partial charge in [-0.1, -0.05) is 24.3 Å². The van der Waals surface area contributed by atoms with Gasteiger partial charge in [-0.2, -0.15) is 0 Å². The van der Waals surface area contributed by atoms with Crippen LogP contribution >= 0.6 is 11.3 Å². The van der Waals surface area contributed by atoms with Crippen molar-refractivity contribution in [3.8, 4) is 22.1 Å². The van der Waals surface area contributed by atoms with Crippen LogP contribution in [0.1, 0.15) is 5.56 Å². The molecule has 0 radical (unpaired) electrons. The van der Waals surface area contributed by atoms with E-state index in [0.717, 1.165) is 15.2 Å². The highest BCUT2D eigenvalue weighted by Crippen LogP contribution is 2.34. The Balaban J connectivity index is 1.75. The van der Waals surface area contributed by atoms with Crippen LogP contribution in [-0.2, 0) is 0 Å². The molecule has 0 bridgehead atoms. The molecule has 0 N–H and O–H groups in total. The lowest BCUT2D eigenvalue weighted by molar-refractivity contribution is -0.385. The lowest BCUT2D eigenvalue weighted by Crippen LogP contribution is -1.91. The summed E-state index contributed by atoms with van der Waals surface area (Å²) in [4.78, 5) is 15.3. The molecule has 0 aliphatic carbocycles. The van der Waals surface area contributed by atoms with Gasteiger partial charge in [-0.3, -0.25) is 10.1 Å². The minimum absolute atomic E-state index is 0.0884. The third kappa shape index (κ3) is 2.47. The number of nitrogens with zero attached hydrogens (tertiary/aromatic N) is 2. The number of aryl methyl sites for hydroxylation is 1. The number of benzene rings is 2. The predicted octanol–water partition coefficient (Wildman–Crippen LogP) is 5.44. The van der Waals surface area contributed by atoms with E-state index in [4.69, 9.17) is 4.42 Å². The van der Waals surface area contributed by atoms with E-state index in [-0.39, 0.29) is 10.6 Å². The van der Waals surface area contributed by atoms with Crippen LogP contribution in [0.3, 0.4) is 0 Å². The summed E-state index contributed by atoms with van der Waals surface area (Å²) in [5.41, 5.74) is 2.33. The summed E-state index contributed by atoms with van der Waals surface area (Å²) in [5.74, 6) is 1.25. The zero-order valence-electron chi connectivity index (χ0n) is 12.7. The van der Waals surface area contributed by atoms with Crippen LogP contribution in [0.5, 0.6) is 0 Å². The number of para-hydroxylation sites is 1. The molecule has 0 aliphatic heterocycles. The molecule has 24 heavy (non-hydrogen) atoms. The molecule has 0 spiro atoms. The van der Waals surface area contributed by atoms with Gasteiger partial charge in [0.2, 0.25) is 0 Å². The molecule has 2 aromatic heterocycles. The molecule has 0 amide bonds. The van der Waals surface area contributed by atoms with Crippen molar-refractivity contribution in [2.45, 2.75) is 6.92 Å². The van der Waals surface area contributed by atoms with E-state index in [2.05, 4.69) is 4.98 Å². The summed E-state index contributed by atoms with van der Waals surface area (Å²) < 4.78 is 6.98. The molecular formula is C18H12N2O3S. The van der Waals surface area contributed by atoms with Crippen LogP contribution in [0, 0.1) is 17.0 Å². The van der Waals surface area contributed by atoms with Crippen molar-refractivity contribution in [1.29, 1.82) is 0 Å². The average molecular weight is 336 g/mol. The summed E-state index contributed by atoms with van der Waals surface area (Å²) in [6.07, 6.45) is 0. The number of rotatable bonds is 3. The van der Waals surface area contributed by atoms with E-state index < -0.39 is 0 Å². The van der Waals surface area contributed by atoms with Crippen molar-refractivity contribution in [2.75, 3.05) is 0 Å². The van der Waals surface area contributed by atoms with Crippen LogP contribution in [0.25, 0.3) is 32.3 Å². The van der Waals surface area contributed by atoms with Crippen LogP contribution in [0.2, 0.25) is 0 Å². The molecule has 0 saturated carbocycles. The SMILES string of the molecule is Cc1ccc(-c2ccc(-c3nc4ccccc4s3)o2)cc1[N+](=O)[O-]. The topological polar surface area (TPSA) is 69.2 Å². The Morgan fingerprint density at radius 2 is 1.88 bits per heavy atom. The summed E-state index contributed by atoms with van der Waals surface area (Å²) >= 11 is 1.56. The van der Waals surface area contributed by atoms with Gasteiger partial charge >= 0.3 is 0 Å². The van der Waals surface area contributed by atoms with Crippen molar-refractivity contribution in [1.82, 2.24) is 4.98 Å². The Kier molecular flexibility index (Phi) is 3.39. The van der Waals surface area contributed by atoms with Gasteiger partial charge < -0.3 is 4.42 Å². The van der Waals surface area contributed by atoms with E-state index in [1.54, 1.807) is 24.3 Å². The van der Waals surface area contributed by atoms with Gasteiger partial charge in [0.1, 0.15) is 5.76 Å². The first kappa shape index (κ1) is 14.6. The molecule has 2 aromatic carbocycles. The van der Waals surface area contributed by atoms with Crippen molar-refractivity contribution in [3.05, 3.63) is 70.3 Å². The third-order valence-corrected chi connectivity index (χ3v) is 4.85. The lowest BCUT2D eigenvalue weighted by atomic mass is 10.1. The number of nitro benzene ring substituents is 1. The maximum absolute atomic E-state index is 11.1. The van der Waals surface area contributed by atoms with E-state index in [9.17, 15) is 10.1 Å². The van der Waals surface area contributed by atoms with Crippen LogP contribution < -0.4 is 0 Å². The number of hydrogen-bond acceptors (Lipinski definition) is 5. The molecule has 4 rings (SSSR count). The number of thiazole rings is 1. The van der Waals surface area contributed by atoms with E-state index in [1.165, 1.54) is 6.07 Å². The van der Waals surface area contributed by atoms with E-state index in [1.807, 2.05) is 42.5 Å². The molecule has 0 fully saturated rings. The zero-order valence-corrected chi connectivity index (χ0v) is 13.5. The molecule has 0 saturated heterocycles. The number of hydrogen-bond donors (Lipinski definition) is 0. The van der Waals surface area contributed by atoms with E-state index in [0.29, 0.717) is 22.6 Å². The van der Waals surface area contributed by atoms with Crippen molar-refractivity contribution in [3.63, 3.8) is 0 Å². The molecule has 0 aliphatic rings. The fourth-order valence-electron chi connectivity index (χ4n) is 2.54. The summed E-state index contributed by atoms with van der Waals surface area (Å²) in [7, 11) is 0. The minimum Gasteiger partial charge on any atom is -0.454 e. The van der Waals surface area contributed by atoms with Crippen LogP contribution in [-0.4, -0.2) is 9.91 Å². The fourth-order valence-corrected chi connectivity index (χ4v) is 3.47. The van der Waals surface area contributed by atoms with Crippen molar-refractivity contribution >= 4 is 27.2 Å². The molecule has 6 heteroatoms. The van der Waals surface area contributed by atoms with E-state index >= 15 is 0 Å². The number of aromatic nitrogens is 1. The number of fused-ring (bicyclic) bond motifs is 1. The summed E-state index contributed by atoms with van der Waals surface area (Å²) in [6, 6.07) is 16.7. The first-order chi connectivity index (χ1) is 11.6. The maximum Gasteiger partial charge on any atom is 0.273 e. The largest absolute Gasteiger partial charge is 0.454 e. The molecule has 5 nitrogen and oxygen atoms in total. The van der Waals surface area contributed by atoms with Gasteiger partial charge in [0.15, 0.2) is 10.8 Å². The summed E-state index contributed by atoms with van der Waals surface area (Å²) in [6.45, 7) is 1.72. The van der Waals surface area contributed by atoms with Crippen molar-refractivity contribution < 1.29 is 9.34 Å². The predicted molar refractivity (Wildman–Crippen MR) is 94.1 cm³/mol. The highest BCUT2D eigenvalue weighted by atomic mass is 32.1. The molecular weight excluding hydrogens is 324 g/mol. The fraction of sp³-hybridized carbons (Fsp3) is 0.0556. The molecule has 2 heterocycles. The summed E-state index contributed by atoms with van der Waals surface area (Å²) in [5, 5.41) is 11.9. The highest BCUT2D eigenvalue weighted by Gasteiger charge is 2.15. The second-order valence-electron chi connectivity index (χ2n) is 5.41. The maximum atomic E-state index is 11.1. The van der Waals surface area contributed by atoms with Crippen LogP contribution in [0.4, 0.5) is 5.69 Å². The zero-order chi connectivity index (χ0) is 16.7. The standard InChI is InChI=1S/C18H12N2O3S/c1-11-6-7-12(10-14(11)20(21)22)15-8-9-16(23-15)18-19-13-4-2-3-5-17(13)24-18/h2-10H,1H3. The minimum atomic E-state index is -0.379. The first-order valence-electron chi connectivity index (χ1n) is 7.33. The third-order valence-electron chi connectivity index (χ3n) is 3.80. The average Bonchev–Trinajstić information content (AvgIpc) is 3.21. The molecule has 0 atom stereocenters. The Bertz CT molecular complexity index is 1030. The normalized spacial score (nSPS) is 11.0. The smallest absolute Gasteiger partial charge is 0.273 e. The van der Waals surface area contributed by atoms with Gasteiger partial charge in [0, 0.05) is 17.2 Å². The molecule has 118 valence electrons. The monoisotopic (exact) mass is 336 g/mol. The Hall–Kier alpha value is -2.99. The lowest BCUT2D eigenvalue weighted by Gasteiger charge is -2.00. The highest BCUT2D eigenvalue weighted by molar-refractivity contribution is 7.21. The van der Waals surface area contributed by atoms with Gasteiger partial charge in [-0.25, -0.2) is 4.98 Å². The molecule has 0 unspecified atom stereocenters. The molecule has 4 aromatic rings. The number of furan rings is 1. The van der Waals surface area contributed by atoms with Gasteiger partial charge in [-0.15, -0.1) is 11.3 Å². The van der Waals surface area contributed by atoms with Crippen LogP contribution in [0.15, 0.2) is 59.0 Å². The second-order valence-corrected chi connectivity index (χ2v) is 6.44. The number of nitro groups is 1. The Morgan fingerprint density at radius 3 is 2.67 bits per heavy atom. The first-order valence-corrected chi connectivity index (χ1v) is 8.15. The van der Waals surface area contributed by atoms with Gasteiger partial charge in [-0.05, 0) is 31.2 Å². The quantitative estimate of drug-likeness (QED) is 0.369. The Morgan fingerprint density at radius 1 is 1.08 bits per heavy atom. The Labute approximate surface area is 141 Å². The van der Waals surface area contributed by atoms with Crippen molar-refractivity contribution in [2.24, 2.45) is 0 Å². The second kappa shape index (κ2) is 5.58. The van der Waals surface area contributed by atoms with Gasteiger partial charge in [0.05, 0.1) is 15.1 Å².